The summed E-state index contributed by atoms with van der Waals surface area (Å²) in [6.45, 7) is 2.00. The molecule has 0 radical (unpaired) electrons. The minimum Gasteiger partial charge on any atom is -0.508 e. The highest BCUT2D eigenvalue weighted by atomic mass is 16.3. The molecule has 3 heterocycles. The van der Waals surface area contributed by atoms with Crippen LogP contribution >= 0.6 is 0 Å². The molecule has 1 amide bonds. The van der Waals surface area contributed by atoms with Gasteiger partial charge in [0.15, 0.2) is 0 Å². The number of phenols is 2. The van der Waals surface area contributed by atoms with Crippen LogP contribution in [-0.2, 0) is 6.42 Å². The topological polar surface area (TPSA) is 86.8 Å². The number of furan rings is 1. The van der Waals surface area contributed by atoms with Crippen molar-refractivity contribution < 1.29 is 19.4 Å². The lowest BCUT2D eigenvalue weighted by Gasteiger charge is -2.35. The quantitative estimate of drug-likeness (QED) is 0.500. The van der Waals surface area contributed by atoms with Gasteiger partial charge in [-0.15, -0.1) is 0 Å². The fraction of sp³-hybridized carbons (Fsp3) is 0.167. The highest BCUT2D eigenvalue weighted by molar-refractivity contribution is 6.09. The minimum atomic E-state index is -0.288. The molecule has 4 aromatic rings. The van der Waals surface area contributed by atoms with Gasteiger partial charge in [0, 0.05) is 34.9 Å². The van der Waals surface area contributed by atoms with Crippen molar-refractivity contribution in [1.82, 2.24) is 4.98 Å². The van der Waals surface area contributed by atoms with Crippen molar-refractivity contribution in [1.29, 1.82) is 0 Å². The van der Waals surface area contributed by atoms with E-state index < -0.39 is 0 Å². The lowest BCUT2D eigenvalue weighted by Crippen LogP contribution is -2.42. The van der Waals surface area contributed by atoms with Crippen LogP contribution in [0.25, 0.3) is 22.2 Å². The molecule has 6 nitrogen and oxygen atoms in total. The molecule has 0 saturated carbocycles. The van der Waals surface area contributed by atoms with Crippen LogP contribution in [0.15, 0.2) is 65.4 Å². The number of rotatable bonds is 2. The molecule has 0 bridgehead atoms. The third kappa shape index (κ3) is 2.88. The first-order chi connectivity index (χ1) is 14.5. The molecule has 150 valence electrons. The Morgan fingerprint density at radius 3 is 2.83 bits per heavy atom. The first-order valence-electron chi connectivity index (χ1n) is 9.84. The van der Waals surface area contributed by atoms with Gasteiger partial charge in [-0.2, -0.15) is 0 Å². The van der Waals surface area contributed by atoms with Gasteiger partial charge in [0.1, 0.15) is 17.1 Å². The van der Waals surface area contributed by atoms with E-state index in [1.807, 2.05) is 31.2 Å². The van der Waals surface area contributed by atoms with Gasteiger partial charge in [0.25, 0.3) is 5.91 Å². The molecule has 1 atom stereocenters. The largest absolute Gasteiger partial charge is 0.508 e. The summed E-state index contributed by atoms with van der Waals surface area (Å²) in [5.41, 5.74) is 4.65. The van der Waals surface area contributed by atoms with Crippen LogP contribution < -0.4 is 4.90 Å². The monoisotopic (exact) mass is 400 g/mol. The van der Waals surface area contributed by atoms with Gasteiger partial charge in [0.05, 0.1) is 17.5 Å². The van der Waals surface area contributed by atoms with E-state index in [1.54, 1.807) is 17.4 Å². The molecule has 0 unspecified atom stereocenters. The zero-order valence-corrected chi connectivity index (χ0v) is 16.4. The molecule has 2 N–H and O–H groups in total. The van der Waals surface area contributed by atoms with Crippen LogP contribution in [0.4, 0.5) is 5.69 Å². The van der Waals surface area contributed by atoms with E-state index in [-0.39, 0.29) is 29.0 Å². The summed E-state index contributed by atoms with van der Waals surface area (Å²) in [6.07, 6.45) is 5.04. The Morgan fingerprint density at radius 1 is 1.13 bits per heavy atom. The van der Waals surface area contributed by atoms with Crippen LogP contribution in [0.3, 0.4) is 0 Å². The molecular formula is C24H20N2O4. The Labute approximate surface area is 173 Å². The predicted octanol–water partition coefficient (Wildman–Crippen LogP) is 4.89. The Morgan fingerprint density at radius 2 is 2.00 bits per heavy atom. The average Bonchev–Trinajstić information content (AvgIpc) is 3.22. The van der Waals surface area contributed by atoms with Crippen LogP contribution in [0.2, 0.25) is 0 Å². The number of nitrogens with zero attached hydrogens (tertiary/aromatic N) is 2. The number of aryl methyl sites for hydroxylation is 1. The summed E-state index contributed by atoms with van der Waals surface area (Å²) in [5.74, 6) is -0.600. The maximum Gasteiger partial charge on any atom is 0.262 e. The van der Waals surface area contributed by atoms with Crippen molar-refractivity contribution >= 4 is 22.6 Å². The summed E-state index contributed by atoms with van der Waals surface area (Å²) in [7, 11) is 0. The molecule has 0 aliphatic carbocycles. The standard InChI is InChI=1S/C24H20N2O4/c1-14-2-3-15-12-16(23-19-9-11-30-22(19)8-10-25-23)4-7-20(15)26(14)24(29)18-6-5-17(27)13-21(18)28/h4-14,27-28H,2-3H2,1H3/t14-/m0/s1. The maximum absolute atomic E-state index is 13.3. The SMILES string of the molecule is C[C@H]1CCc2cc(-c3nccc4occc34)ccc2N1C(=O)c1ccc(O)cc1O. The highest BCUT2D eigenvalue weighted by Gasteiger charge is 2.30. The second kappa shape index (κ2) is 6.91. The Hall–Kier alpha value is -3.80. The van der Waals surface area contributed by atoms with E-state index in [2.05, 4.69) is 11.1 Å². The van der Waals surface area contributed by atoms with E-state index >= 15 is 0 Å². The van der Waals surface area contributed by atoms with Crippen molar-refractivity contribution in [2.75, 3.05) is 4.90 Å². The van der Waals surface area contributed by atoms with Crippen molar-refractivity contribution in [2.24, 2.45) is 0 Å². The number of benzene rings is 2. The molecule has 2 aromatic carbocycles. The summed E-state index contributed by atoms with van der Waals surface area (Å²) in [5, 5.41) is 20.7. The summed E-state index contributed by atoms with van der Waals surface area (Å²) >= 11 is 0. The molecular weight excluding hydrogens is 380 g/mol. The van der Waals surface area contributed by atoms with E-state index in [4.69, 9.17) is 4.42 Å². The molecule has 2 aromatic heterocycles. The van der Waals surface area contributed by atoms with Gasteiger partial charge in [-0.05, 0) is 61.7 Å². The molecule has 0 saturated heterocycles. The van der Waals surface area contributed by atoms with E-state index in [0.29, 0.717) is 0 Å². The molecule has 1 aliphatic rings. The first-order valence-corrected chi connectivity index (χ1v) is 9.84. The van der Waals surface area contributed by atoms with Gasteiger partial charge < -0.3 is 19.5 Å². The van der Waals surface area contributed by atoms with E-state index in [0.717, 1.165) is 46.3 Å². The number of fused-ring (bicyclic) bond motifs is 2. The number of amides is 1. The summed E-state index contributed by atoms with van der Waals surface area (Å²) in [4.78, 5) is 19.5. The summed E-state index contributed by atoms with van der Waals surface area (Å²) in [6, 6.07) is 13.7. The van der Waals surface area contributed by atoms with Crippen molar-refractivity contribution in [3.05, 3.63) is 72.1 Å². The fourth-order valence-electron chi connectivity index (χ4n) is 4.16. The number of carbonyl (C=O) groups excluding carboxylic acids is 1. The number of carbonyl (C=O) groups is 1. The van der Waals surface area contributed by atoms with E-state index in [9.17, 15) is 15.0 Å². The molecule has 0 fully saturated rings. The van der Waals surface area contributed by atoms with Gasteiger partial charge in [-0.3, -0.25) is 9.78 Å². The van der Waals surface area contributed by atoms with Crippen LogP contribution in [0.5, 0.6) is 11.5 Å². The predicted molar refractivity (Wildman–Crippen MR) is 114 cm³/mol. The van der Waals surface area contributed by atoms with Gasteiger partial charge in [0.2, 0.25) is 0 Å². The number of phenolic OH excluding ortho intramolecular Hbond substituents is 2. The Bertz CT molecular complexity index is 1280. The number of anilines is 1. The molecule has 6 heteroatoms. The average molecular weight is 400 g/mol. The lowest BCUT2D eigenvalue weighted by atomic mass is 9.93. The van der Waals surface area contributed by atoms with Crippen molar-refractivity contribution in [3.63, 3.8) is 0 Å². The van der Waals surface area contributed by atoms with Gasteiger partial charge in [-0.25, -0.2) is 0 Å². The molecule has 0 spiro atoms. The molecule has 1 aliphatic heterocycles. The van der Waals surface area contributed by atoms with Crippen molar-refractivity contribution in [3.8, 4) is 22.8 Å². The minimum absolute atomic E-state index is 0.0144. The number of aromatic hydroxyl groups is 2. The van der Waals surface area contributed by atoms with E-state index in [1.165, 1.54) is 18.2 Å². The number of pyridine rings is 1. The maximum atomic E-state index is 13.3. The molecule has 30 heavy (non-hydrogen) atoms. The first kappa shape index (κ1) is 18.2. The Kier molecular flexibility index (Phi) is 4.20. The number of hydrogen-bond donors (Lipinski definition) is 2. The fourth-order valence-corrected chi connectivity index (χ4v) is 4.16. The normalized spacial score (nSPS) is 15.9. The van der Waals surface area contributed by atoms with Gasteiger partial charge >= 0.3 is 0 Å². The zero-order chi connectivity index (χ0) is 20.8. The third-order valence-electron chi connectivity index (χ3n) is 5.70. The van der Waals surface area contributed by atoms with Crippen LogP contribution in [-0.4, -0.2) is 27.1 Å². The lowest BCUT2D eigenvalue weighted by molar-refractivity contribution is 0.0972. The summed E-state index contributed by atoms with van der Waals surface area (Å²) < 4.78 is 5.49. The molecule has 5 rings (SSSR count). The van der Waals surface area contributed by atoms with Gasteiger partial charge in [-0.1, -0.05) is 6.07 Å². The second-order valence-corrected chi connectivity index (χ2v) is 7.60. The number of aromatic nitrogens is 1. The smallest absolute Gasteiger partial charge is 0.262 e. The second-order valence-electron chi connectivity index (χ2n) is 7.60. The van der Waals surface area contributed by atoms with Crippen molar-refractivity contribution in [2.45, 2.75) is 25.8 Å². The Balaban J connectivity index is 1.57. The third-order valence-corrected chi connectivity index (χ3v) is 5.70. The number of hydrogen-bond acceptors (Lipinski definition) is 5. The highest BCUT2D eigenvalue weighted by Crippen LogP contribution is 2.37. The van der Waals surface area contributed by atoms with Crippen LogP contribution in [0, 0.1) is 0 Å². The zero-order valence-electron chi connectivity index (χ0n) is 16.4. The van der Waals surface area contributed by atoms with Crippen LogP contribution in [0.1, 0.15) is 29.3 Å².